The first-order valence-electron chi connectivity index (χ1n) is 6.14. The lowest BCUT2D eigenvalue weighted by atomic mass is 10.2. The van der Waals surface area contributed by atoms with E-state index in [9.17, 15) is 4.39 Å². The van der Waals surface area contributed by atoms with Crippen LogP contribution < -0.4 is 4.74 Å². The highest BCUT2D eigenvalue weighted by Crippen LogP contribution is 2.30. The van der Waals surface area contributed by atoms with Gasteiger partial charge in [0.05, 0.1) is 34.0 Å². The minimum absolute atomic E-state index is 0.341. The molecule has 3 rings (SSSR count). The van der Waals surface area contributed by atoms with Crippen LogP contribution in [-0.2, 0) is 4.43 Å². The smallest absolute Gasteiger partial charge is 0.149 e. The largest absolute Gasteiger partial charge is 0.494 e. The molecule has 0 spiro atoms. The van der Waals surface area contributed by atoms with Gasteiger partial charge in [-0.2, -0.15) is 0 Å². The van der Waals surface area contributed by atoms with Crippen LogP contribution in [0.3, 0.4) is 0 Å². The summed E-state index contributed by atoms with van der Waals surface area (Å²) in [6, 6.07) is 2.84. The Kier molecular flexibility index (Phi) is 3.27. The van der Waals surface area contributed by atoms with Crippen molar-refractivity contribution >= 4 is 39.1 Å². The molecule has 4 nitrogen and oxygen atoms in total. The molecule has 0 aliphatic heterocycles. The Bertz CT molecular complexity index is 828. The minimum atomic E-state index is -0.341. The standard InChI is InChI=1S/C14H13FIN3O/c1-7-14-8(2)18-13-10(19(14)12(6-16)17-7)4-9(15)5-11(13)20-3/h4-5H,6H2,1-3H3. The Hall–Kier alpha value is -1.44. The van der Waals surface area contributed by atoms with Crippen molar-refractivity contribution in [1.29, 1.82) is 0 Å². The molecule has 1 aromatic carbocycles. The summed E-state index contributed by atoms with van der Waals surface area (Å²) < 4.78 is 21.8. The molecule has 0 fully saturated rings. The van der Waals surface area contributed by atoms with Crippen molar-refractivity contribution in [3.05, 3.63) is 35.2 Å². The maximum atomic E-state index is 13.8. The van der Waals surface area contributed by atoms with Gasteiger partial charge in [-0.15, -0.1) is 0 Å². The lowest BCUT2D eigenvalue weighted by Crippen LogP contribution is -2.01. The highest BCUT2D eigenvalue weighted by atomic mass is 127. The molecule has 0 bridgehead atoms. The van der Waals surface area contributed by atoms with Crippen molar-refractivity contribution in [2.24, 2.45) is 0 Å². The highest BCUT2D eigenvalue weighted by molar-refractivity contribution is 14.1. The molecule has 0 atom stereocenters. The molecule has 0 radical (unpaired) electrons. The Labute approximate surface area is 129 Å². The van der Waals surface area contributed by atoms with Crippen molar-refractivity contribution in [3.63, 3.8) is 0 Å². The SMILES string of the molecule is COc1cc(F)cc2c1nc(C)c1c(C)nc(CI)n12. The molecule has 0 N–H and O–H groups in total. The average molecular weight is 385 g/mol. The summed E-state index contributed by atoms with van der Waals surface area (Å²) >= 11 is 2.26. The Morgan fingerprint density at radius 1 is 1.25 bits per heavy atom. The molecule has 20 heavy (non-hydrogen) atoms. The van der Waals surface area contributed by atoms with E-state index in [1.165, 1.54) is 19.2 Å². The number of benzene rings is 1. The van der Waals surface area contributed by atoms with E-state index >= 15 is 0 Å². The van der Waals surface area contributed by atoms with E-state index in [-0.39, 0.29) is 5.82 Å². The highest BCUT2D eigenvalue weighted by Gasteiger charge is 2.17. The van der Waals surface area contributed by atoms with E-state index in [2.05, 4.69) is 32.6 Å². The van der Waals surface area contributed by atoms with Crippen molar-refractivity contribution in [1.82, 2.24) is 14.4 Å². The minimum Gasteiger partial charge on any atom is -0.494 e. The van der Waals surface area contributed by atoms with Crippen molar-refractivity contribution in [2.75, 3.05) is 7.11 Å². The predicted molar refractivity (Wildman–Crippen MR) is 84.2 cm³/mol. The van der Waals surface area contributed by atoms with E-state index in [0.29, 0.717) is 16.8 Å². The van der Waals surface area contributed by atoms with Gasteiger partial charge >= 0.3 is 0 Å². The molecule has 0 unspecified atom stereocenters. The van der Waals surface area contributed by atoms with Crippen LogP contribution in [0, 0.1) is 19.7 Å². The van der Waals surface area contributed by atoms with Gasteiger partial charge in [0.1, 0.15) is 22.9 Å². The first-order valence-corrected chi connectivity index (χ1v) is 7.67. The summed E-state index contributed by atoms with van der Waals surface area (Å²) in [5, 5.41) is 0. The first kappa shape index (κ1) is 13.5. The summed E-state index contributed by atoms with van der Waals surface area (Å²) in [7, 11) is 1.52. The third-order valence-electron chi connectivity index (χ3n) is 3.34. The van der Waals surface area contributed by atoms with E-state index in [1.807, 2.05) is 18.2 Å². The van der Waals surface area contributed by atoms with E-state index in [0.717, 1.165) is 27.2 Å². The van der Waals surface area contributed by atoms with Crippen LogP contribution in [0.4, 0.5) is 4.39 Å². The quantitative estimate of drug-likeness (QED) is 0.500. The van der Waals surface area contributed by atoms with Gasteiger partial charge in [-0.1, -0.05) is 22.6 Å². The summed E-state index contributed by atoms with van der Waals surface area (Å²) in [6.07, 6.45) is 0. The lowest BCUT2D eigenvalue weighted by molar-refractivity contribution is 0.415. The molecule has 0 aliphatic rings. The second kappa shape index (κ2) is 4.83. The lowest BCUT2D eigenvalue weighted by Gasteiger charge is -2.10. The fraction of sp³-hybridized carbons (Fsp3) is 0.286. The number of fused-ring (bicyclic) bond motifs is 3. The van der Waals surface area contributed by atoms with Crippen LogP contribution >= 0.6 is 22.6 Å². The van der Waals surface area contributed by atoms with Crippen LogP contribution in [0.2, 0.25) is 0 Å². The van der Waals surface area contributed by atoms with Crippen LogP contribution in [0.25, 0.3) is 16.6 Å². The zero-order valence-corrected chi connectivity index (χ0v) is 13.5. The van der Waals surface area contributed by atoms with Gasteiger partial charge in [-0.05, 0) is 13.8 Å². The first-order chi connectivity index (χ1) is 9.56. The zero-order chi connectivity index (χ0) is 14.4. The number of ether oxygens (including phenoxy) is 1. The number of aromatic nitrogens is 3. The van der Waals surface area contributed by atoms with Crippen LogP contribution in [0.1, 0.15) is 17.2 Å². The molecule has 104 valence electrons. The number of halogens is 2. The van der Waals surface area contributed by atoms with E-state index in [1.54, 1.807) is 0 Å². The van der Waals surface area contributed by atoms with Crippen LogP contribution in [0.15, 0.2) is 12.1 Å². The van der Waals surface area contributed by atoms with Gasteiger partial charge in [-0.3, -0.25) is 4.40 Å². The maximum absolute atomic E-state index is 13.8. The zero-order valence-electron chi connectivity index (χ0n) is 11.4. The summed E-state index contributed by atoms with van der Waals surface area (Å²) in [5.74, 6) is 0.990. The number of aryl methyl sites for hydroxylation is 2. The molecule has 0 saturated heterocycles. The third-order valence-corrected chi connectivity index (χ3v) is 4.03. The molecular formula is C14H13FIN3O. The fourth-order valence-corrected chi connectivity index (χ4v) is 3.09. The molecule has 0 aliphatic carbocycles. The van der Waals surface area contributed by atoms with E-state index in [4.69, 9.17) is 4.74 Å². The fourth-order valence-electron chi connectivity index (χ4n) is 2.58. The summed E-state index contributed by atoms with van der Waals surface area (Å²) in [6.45, 7) is 3.88. The summed E-state index contributed by atoms with van der Waals surface area (Å²) in [4.78, 5) is 9.13. The summed E-state index contributed by atoms with van der Waals surface area (Å²) in [5.41, 5.74) is 4.06. The van der Waals surface area contributed by atoms with Crippen LogP contribution in [0.5, 0.6) is 5.75 Å². The Balaban J connectivity index is 2.61. The molecule has 2 aromatic heterocycles. The molecule has 3 aromatic rings. The van der Waals surface area contributed by atoms with Gasteiger partial charge in [0.15, 0.2) is 0 Å². The number of rotatable bonds is 2. The third kappa shape index (κ3) is 1.85. The molecule has 0 amide bonds. The number of nitrogens with zero attached hydrogens (tertiary/aromatic N) is 3. The number of hydrogen-bond acceptors (Lipinski definition) is 3. The van der Waals surface area contributed by atoms with Gasteiger partial charge in [-0.25, -0.2) is 14.4 Å². The molecule has 2 heterocycles. The van der Waals surface area contributed by atoms with Crippen molar-refractivity contribution in [3.8, 4) is 5.75 Å². The van der Waals surface area contributed by atoms with Gasteiger partial charge in [0, 0.05) is 12.1 Å². The van der Waals surface area contributed by atoms with Gasteiger partial charge < -0.3 is 4.74 Å². The maximum Gasteiger partial charge on any atom is 0.149 e. The van der Waals surface area contributed by atoms with Gasteiger partial charge in [0.25, 0.3) is 0 Å². The van der Waals surface area contributed by atoms with Gasteiger partial charge in [0.2, 0.25) is 0 Å². The number of hydrogen-bond donors (Lipinski definition) is 0. The Morgan fingerprint density at radius 2 is 1.95 bits per heavy atom. The predicted octanol–water partition coefficient (Wildman–Crippen LogP) is 3.58. The van der Waals surface area contributed by atoms with Crippen molar-refractivity contribution < 1.29 is 9.13 Å². The normalized spacial score (nSPS) is 11.4. The second-order valence-electron chi connectivity index (χ2n) is 4.60. The number of imidazole rings is 1. The van der Waals surface area contributed by atoms with Crippen LogP contribution in [-0.4, -0.2) is 21.5 Å². The molecule has 6 heteroatoms. The topological polar surface area (TPSA) is 39.4 Å². The van der Waals surface area contributed by atoms with E-state index < -0.39 is 0 Å². The van der Waals surface area contributed by atoms with Crippen molar-refractivity contribution in [2.45, 2.75) is 18.3 Å². The monoisotopic (exact) mass is 385 g/mol. The molecule has 0 saturated carbocycles. The molecular weight excluding hydrogens is 372 g/mol. The Morgan fingerprint density at radius 3 is 2.60 bits per heavy atom. The average Bonchev–Trinajstić information content (AvgIpc) is 2.77. The second-order valence-corrected chi connectivity index (χ2v) is 5.37. The number of alkyl halides is 1. The number of methoxy groups -OCH3 is 1.